The molecule has 70 heavy (non-hydrogen) atoms. The van der Waals surface area contributed by atoms with Crippen molar-refractivity contribution >= 4 is 91.1 Å². The summed E-state index contributed by atoms with van der Waals surface area (Å²) in [6.07, 6.45) is -19.4. The molecule has 0 aliphatic rings. The van der Waals surface area contributed by atoms with Crippen LogP contribution in [0.25, 0.3) is 0 Å². The molecule has 0 bridgehead atoms. The molecule has 0 amide bonds. The Morgan fingerprint density at radius 3 is 0.786 bits per heavy atom. The topological polar surface area (TPSA) is 744 Å². The molecule has 0 saturated heterocycles. The number of hydrogen-bond donors (Lipinski definition) is 27. The van der Waals surface area contributed by atoms with E-state index >= 15 is 0 Å². The Morgan fingerprint density at radius 2 is 0.586 bits per heavy atom. The van der Waals surface area contributed by atoms with Crippen molar-refractivity contribution in [1.82, 2.24) is 15.5 Å². The van der Waals surface area contributed by atoms with E-state index in [0.717, 1.165) is 0 Å². The Kier molecular flexibility index (Phi) is 24.9. The SMILES string of the molecule is NCCNCCNC(C(CP(=O)(O)O)P(=O)(O)O)(C(CP(=O)(O)O)P(=O)(O)O)C(C(CP(=O)(O)O)P(=O)(O)O)(C(CP(=O)(O)O)P(=O)(O)O)N(C(CP(=O)(O)O)P(=O)(O)O)C(CP(=O)(O)O)P(=O)(O)O. The van der Waals surface area contributed by atoms with Crippen molar-refractivity contribution in [3.8, 4) is 0 Å². The van der Waals surface area contributed by atoms with Gasteiger partial charge in [-0.15, -0.1) is 0 Å². The zero-order valence-corrected chi connectivity index (χ0v) is 45.3. The van der Waals surface area contributed by atoms with Gasteiger partial charge >= 0.3 is 91.1 Å². The molecule has 0 spiro atoms. The number of rotatable bonds is 32. The first-order valence-electron chi connectivity index (χ1n) is 17.8. The Bertz CT molecular complexity index is 2250. The van der Waals surface area contributed by atoms with Crippen molar-refractivity contribution in [2.24, 2.45) is 5.73 Å². The fourth-order valence-corrected chi connectivity index (χ4v) is 26.7. The van der Waals surface area contributed by atoms with Gasteiger partial charge in [0.1, 0.15) is 11.6 Å². The zero-order chi connectivity index (χ0) is 56.5. The highest BCUT2D eigenvalue weighted by atomic mass is 31.2. The second-order valence-corrected chi connectivity index (χ2v) is 36.1. The number of nitrogens with zero attached hydrogens (tertiary/aromatic N) is 1. The van der Waals surface area contributed by atoms with Gasteiger partial charge < -0.3 is 134 Å². The standard InChI is InChI=1S/C18H54N4O36P12/c19-1-2-20-3-4-21-17(11(65(41,42)43)5-59(23,24)25,12(66(44,45)46)6-60(26,27)28)18(13(67(47,48)49)7-61(29,30)31,14(68(50,51)52)8-62(32,33)34)22(15(69(53,54)55)9-63(35,36)37)16(70(56,57)58)10-64(38,39)40/h11-16,20-21H,1-10,19H2,(H2,23,24,25)(H2,26,27,28)(H2,29,30,31)(H2,32,33,34)(H2,35,36,37)(H2,38,39,40)(H2,41,42,43)(H2,44,45,46)(H2,47,48,49)(H2,50,51,52)(H2,53,54,55)(H2,56,57,58). The van der Waals surface area contributed by atoms with Crippen LogP contribution in [0.3, 0.4) is 0 Å². The third kappa shape index (κ3) is 21.8. The van der Waals surface area contributed by atoms with Crippen LogP contribution in [0.15, 0.2) is 0 Å². The minimum absolute atomic E-state index is 0.515. The van der Waals surface area contributed by atoms with Crippen LogP contribution in [-0.4, -0.2) is 231 Å². The van der Waals surface area contributed by atoms with Crippen molar-refractivity contribution in [2.45, 2.75) is 45.3 Å². The third-order valence-corrected chi connectivity index (χ3v) is 24.4. The van der Waals surface area contributed by atoms with E-state index in [1.807, 2.05) is 0 Å². The van der Waals surface area contributed by atoms with Crippen LogP contribution in [-0.2, 0) is 54.8 Å². The van der Waals surface area contributed by atoms with E-state index in [9.17, 15) is 172 Å². The molecular weight excluding hydrogens is 1220 g/mol. The summed E-state index contributed by atoms with van der Waals surface area (Å²) in [4.78, 5) is 256. The van der Waals surface area contributed by atoms with E-state index in [1.165, 1.54) is 5.32 Å². The molecule has 0 heterocycles. The first-order chi connectivity index (χ1) is 30.2. The van der Waals surface area contributed by atoms with Gasteiger partial charge in [-0.2, -0.15) is 0 Å². The Labute approximate surface area is 392 Å². The molecule has 52 heteroatoms. The quantitative estimate of drug-likeness (QED) is 0.0220. The lowest BCUT2D eigenvalue weighted by molar-refractivity contribution is -0.0436. The lowest BCUT2D eigenvalue weighted by Crippen LogP contribution is -2.88. The van der Waals surface area contributed by atoms with Gasteiger partial charge in [0.25, 0.3) is 0 Å². The summed E-state index contributed by atoms with van der Waals surface area (Å²) in [5.74, 6) is -9.55. The molecule has 0 aliphatic carbocycles. The molecule has 6 unspecified atom stereocenters. The van der Waals surface area contributed by atoms with Crippen molar-refractivity contribution in [2.75, 3.05) is 63.2 Å². The first kappa shape index (κ1) is 71.6. The summed E-state index contributed by atoms with van der Waals surface area (Å²) in [5, 5.41) is 3.57. The van der Waals surface area contributed by atoms with Crippen LogP contribution in [0, 0.1) is 0 Å². The first-order valence-corrected chi connectivity index (χ1v) is 38.6. The molecule has 0 rings (SSSR count). The molecule has 0 fully saturated rings. The number of nitrogens with one attached hydrogen (secondary N) is 2. The van der Waals surface area contributed by atoms with Gasteiger partial charge in [-0.05, 0) is 0 Å². The predicted octanol–water partition coefficient (Wildman–Crippen LogP) is -6.84. The van der Waals surface area contributed by atoms with Gasteiger partial charge in [-0.3, -0.25) is 59.7 Å². The fourth-order valence-electron chi connectivity index (χ4n) is 7.82. The largest absolute Gasteiger partial charge is 0.343 e. The van der Waals surface area contributed by atoms with E-state index in [1.54, 1.807) is 0 Å². The maximum absolute atomic E-state index is 14.3. The van der Waals surface area contributed by atoms with Crippen molar-refractivity contribution in [1.29, 1.82) is 0 Å². The summed E-state index contributed by atoms with van der Waals surface area (Å²) in [5.41, 5.74) is -26.4. The van der Waals surface area contributed by atoms with Crippen molar-refractivity contribution < 1.29 is 172 Å². The van der Waals surface area contributed by atoms with Crippen LogP contribution in [0.5, 0.6) is 0 Å². The second-order valence-electron chi connectivity index (χ2n) is 15.2. The van der Waals surface area contributed by atoms with Crippen LogP contribution in [0.1, 0.15) is 0 Å². The summed E-state index contributed by atoms with van der Waals surface area (Å²) >= 11 is 0. The maximum atomic E-state index is 14.3. The average Bonchev–Trinajstić information content (AvgIpc) is 3.02. The second kappa shape index (κ2) is 24.3. The van der Waals surface area contributed by atoms with Crippen LogP contribution in [0.2, 0.25) is 0 Å². The molecule has 0 aromatic carbocycles. The Morgan fingerprint density at radius 1 is 0.343 bits per heavy atom. The normalized spacial score (nSPS) is 19.5. The molecule has 28 N–H and O–H groups in total. The van der Waals surface area contributed by atoms with E-state index < -0.39 is 204 Å². The van der Waals surface area contributed by atoms with Gasteiger partial charge in [0.15, 0.2) is 0 Å². The van der Waals surface area contributed by atoms with Crippen molar-refractivity contribution in [3.05, 3.63) is 0 Å². The van der Waals surface area contributed by atoms with E-state index in [4.69, 9.17) is 5.73 Å². The van der Waals surface area contributed by atoms with Crippen molar-refractivity contribution in [3.63, 3.8) is 0 Å². The fraction of sp³-hybridized carbons (Fsp3) is 1.00. The lowest BCUT2D eigenvalue weighted by atomic mass is 9.66. The number of hydrogen-bond acceptors (Lipinski definition) is 16. The molecule has 40 nitrogen and oxygen atoms in total. The summed E-state index contributed by atoms with van der Waals surface area (Å²) in [6, 6.07) is 0. The molecular formula is C18H54N4O36P12. The Balaban J connectivity index is 12.4. The Hall–Kier alpha value is 1.64. The minimum atomic E-state index is -7.95. The van der Waals surface area contributed by atoms with Gasteiger partial charge in [-0.1, -0.05) is 0 Å². The number of nitrogens with two attached hydrogens (primary N) is 1. The molecule has 0 aromatic heterocycles. The molecule has 6 atom stereocenters. The zero-order valence-electron chi connectivity index (χ0n) is 34.6. The highest BCUT2D eigenvalue weighted by Gasteiger charge is 2.81. The predicted molar refractivity (Wildman–Crippen MR) is 234 cm³/mol. The lowest BCUT2D eigenvalue weighted by Gasteiger charge is -2.68. The van der Waals surface area contributed by atoms with E-state index in [-0.39, 0.29) is 0 Å². The molecule has 0 aromatic rings. The minimum Gasteiger partial charge on any atom is -0.329 e. The summed E-state index contributed by atoms with van der Waals surface area (Å²) in [6.45, 7) is -4.26. The molecule has 0 saturated carbocycles. The summed E-state index contributed by atoms with van der Waals surface area (Å²) in [7, 11) is -88.2. The third-order valence-electron chi connectivity index (χ3n) is 9.69. The average molecular weight is 1270 g/mol. The maximum Gasteiger partial charge on any atom is 0.343 e. The van der Waals surface area contributed by atoms with Gasteiger partial charge in [0.05, 0.1) is 70.7 Å². The molecule has 422 valence electrons. The van der Waals surface area contributed by atoms with E-state index in [2.05, 4.69) is 5.32 Å². The van der Waals surface area contributed by atoms with E-state index in [0.29, 0.717) is 0 Å². The highest BCUT2D eigenvalue weighted by molar-refractivity contribution is 7.60. The van der Waals surface area contributed by atoms with Gasteiger partial charge in [0.2, 0.25) is 0 Å². The van der Waals surface area contributed by atoms with Crippen LogP contribution in [0.4, 0.5) is 0 Å². The van der Waals surface area contributed by atoms with Crippen LogP contribution < -0.4 is 16.4 Å². The molecule has 0 aliphatic heterocycles. The van der Waals surface area contributed by atoms with Crippen LogP contribution >= 0.6 is 91.1 Å². The highest BCUT2D eigenvalue weighted by Crippen LogP contribution is 2.75. The van der Waals surface area contributed by atoms with Gasteiger partial charge in [0, 0.05) is 26.2 Å². The van der Waals surface area contributed by atoms with Gasteiger partial charge in [-0.25, -0.2) is 0 Å². The molecule has 0 radical (unpaired) electrons. The summed E-state index contributed by atoms with van der Waals surface area (Å²) < 4.78 is 163. The monoisotopic (exact) mass is 1270 g/mol. The smallest absolute Gasteiger partial charge is 0.329 e.